The minimum absolute atomic E-state index is 0.0497. The predicted molar refractivity (Wildman–Crippen MR) is 102 cm³/mol. The van der Waals surface area contributed by atoms with Gasteiger partial charge < -0.3 is 9.67 Å². The van der Waals surface area contributed by atoms with Crippen LogP contribution < -0.4 is 4.80 Å². The number of aromatic nitrogens is 1. The zero-order valence-electron chi connectivity index (χ0n) is 16.0. The summed E-state index contributed by atoms with van der Waals surface area (Å²) >= 11 is 1.66. The summed E-state index contributed by atoms with van der Waals surface area (Å²) in [6.45, 7) is 5.29. The Morgan fingerprint density at radius 3 is 2.50 bits per heavy atom. The number of thiazole rings is 1. The number of aryl methyl sites for hydroxylation is 1. The summed E-state index contributed by atoms with van der Waals surface area (Å²) in [5.74, 6) is 1.84. The zero-order valence-corrected chi connectivity index (χ0v) is 16.8. The standard InChI is InChI=1S/C21H30N2O2S/c1-13-14(2)26-19(23(13)11-15-4-3-5-15)22-18(24)20-7-16-6-17(8-20)10-21(25,9-16)12-20/h15-17,25H,3-12H2,1-2H3. The molecule has 4 bridgehead atoms. The van der Waals surface area contributed by atoms with Crippen LogP contribution >= 0.6 is 11.3 Å². The third kappa shape index (κ3) is 2.65. The van der Waals surface area contributed by atoms with Gasteiger partial charge in [-0.15, -0.1) is 11.3 Å². The van der Waals surface area contributed by atoms with E-state index in [1.54, 1.807) is 11.3 Å². The Bertz CT molecular complexity index is 802. The second-order valence-corrected chi connectivity index (χ2v) is 11.0. The molecule has 1 heterocycles. The highest BCUT2D eigenvalue weighted by Gasteiger charge is 2.60. The van der Waals surface area contributed by atoms with E-state index in [4.69, 9.17) is 4.99 Å². The molecule has 142 valence electrons. The molecule has 5 fully saturated rings. The zero-order chi connectivity index (χ0) is 18.1. The van der Waals surface area contributed by atoms with E-state index in [-0.39, 0.29) is 11.3 Å². The van der Waals surface area contributed by atoms with Crippen molar-refractivity contribution >= 4 is 17.2 Å². The molecular weight excluding hydrogens is 344 g/mol. The molecule has 2 atom stereocenters. The van der Waals surface area contributed by atoms with E-state index in [2.05, 4.69) is 18.4 Å². The summed E-state index contributed by atoms with van der Waals surface area (Å²) in [5.41, 5.74) is 0.273. The number of hydrogen-bond donors (Lipinski definition) is 1. The van der Waals surface area contributed by atoms with Crippen molar-refractivity contribution in [3.63, 3.8) is 0 Å². The van der Waals surface area contributed by atoms with Gasteiger partial charge in [-0.2, -0.15) is 4.99 Å². The van der Waals surface area contributed by atoms with Crippen molar-refractivity contribution < 1.29 is 9.90 Å². The van der Waals surface area contributed by atoms with Crippen molar-refractivity contribution in [1.29, 1.82) is 0 Å². The Hall–Kier alpha value is -0.940. The highest BCUT2D eigenvalue weighted by atomic mass is 32.1. The molecule has 0 aliphatic heterocycles. The molecule has 5 aliphatic carbocycles. The van der Waals surface area contributed by atoms with Crippen LogP contribution in [0.25, 0.3) is 0 Å². The number of rotatable bonds is 3. The van der Waals surface area contributed by atoms with Gasteiger partial charge in [-0.25, -0.2) is 0 Å². The number of nitrogens with zero attached hydrogens (tertiary/aromatic N) is 2. The second-order valence-electron chi connectivity index (χ2n) is 9.82. The van der Waals surface area contributed by atoms with Crippen LogP contribution in [0.3, 0.4) is 0 Å². The van der Waals surface area contributed by atoms with E-state index in [1.807, 2.05) is 0 Å². The largest absolute Gasteiger partial charge is 0.390 e. The lowest BCUT2D eigenvalue weighted by Crippen LogP contribution is -2.58. The summed E-state index contributed by atoms with van der Waals surface area (Å²) in [7, 11) is 0. The Morgan fingerprint density at radius 1 is 1.23 bits per heavy atom. The third-order valence-electron chi connectivity index (χ3n) is 7.74. The molecule has 1 N–H and O–H groups in total. The highest BCUT2D eigenvalue weighted by molar-refractivity contribution is 7.09. The first-order chi connectivity index (χ1) is 12.4. The molecule has 2 unspecified atom stereocenters. The van der Waals surface area contributed by atoms with Crippen molar-refractivity contribution in [3.05, 3.63) is 15.4 Å². The van der Waals surface area contributed by atoms with E-state index in [1.165, 1.54) is 36.3 Å². The molecule has 5 saturated carbocycles. The lowest BCUT2D eigenvalue weighted by Gasteiger charge is -2.58. The van der Waals surface area contributed by atoms with E-state index < -0.39 is 5.60 Å². The molecule has 1 amide bonds. The number of hydrogen-bond acceptors (Lipinski definition) is 3. The van der Waals surface area contributed by atoms with Crippen molar-refractivity contribution in [2.45, 2.75) is 83.8 Å². The minimum atomic E-state index is -0.599. The van der Waals surface area contributed by atoms with Gasteiger partial charge in [0.2, 0.25) is 0 Å². The van der Waals surface area contributed by atoms with Crippen LogP contribution in [-0.2, 0) is 11.3 Å². The summed E-state index contributed by atoms with van der Waals surface area (Å²) in [6, 6.07) is 0. The fourth-order valence-corrected chi connectivity index (χ4v) is 7.48. The van der Waals surface area contributed by atoms with Gasteiger partial charge in [0, 0.05) is 17.1 Å². The molecule has 1 aromatic rings. The lowest BCUT2D eigenvalue weighted by molar-refractivity contribution is -0.175. The number of carbonyl (C=O) groups is 1. The molecule has 0 aromatic carbocycles. The molecule has 1 aromatic heterocycles. The fraction of sp³-hybridized carbons (Fsp3) is 0.810. The van der Waals surface area contributed by atoms with Crippen molar-refractivity contribution in [2.24, 2.45) is 28.2 Å². The van der Waals surface area contributed by atoms with Crippen LogP contribution in [-0.4, -0.2) is 21.2 Å². The van der Waals surface area contributed by atoms with Gasteiger partial charge in [-0.3, -0.25) is 4.79 Å². The van der Waals surface area contributed by atoms with E-state index in [9.17, 15) is 9.90 Å². The van der Waals surface area contributed by atoms with Gasteiger partial charge >= 0.3 is 0 Å². The molecule has 4 nitrogen and oxygen atoms in total. The molecule has 0 saturated heterocycles. The maximum absolute atomic E-state index is 13.4. The van der Waals surface area contributed by atoms with Crippen LogP contribution in [0.1, 0.15) is 68.4 Å². The Morgan fingerprint density at radius 2 is 1.92 bits per heavy atom. The van der Waals surface area contributed by atoms with Crippen LogP contribution in [0.4, 0.5) is 0 Å². The molecule has 5 aliphatic rings. The third-order valence-corrected chi connectivity index (χ3v) is 8.83. The maximum atomic E-state index is 13.4. The maximum Gasteiger partial charge on any atom is 0.254 e. The molecule has 0 spiro atoms. The lowest BCUT2D eigenvalue weighted by atomic mass is 9.47. The van der Waals surface area contributed by atoms with Gasteiger partial charge in [0.1, 0.15) is 0 Å². The topological polar surface area (TPSA) is 54.6 Å². The first kappa shape index (κ1) is 17.2. The van der Waals surface area contributed by atoms with Crippen LogP contribution in [0.15, 0.2) is 4.99 Å². The predicted octanol–water partition coefficient (Wildman–Crippen LogP) is 3.73. The van der Waals surface area contributed by atoms with Gasteiger partial charge in [-0.05, 0) is 83.0 Å². The first-order valence-electron chi connectivity index (χ1n) is 10.3. The number of carbonyl (C=O) groups excluding carboxylic acids is 1. The van der Waals surface area contributed by atoms with Crippen molar-refractivity contribution in [1.82, 2.24) is 4.57 Å². The molecule has 0 radical (unpaired) electrons. The van der Waals surface area contributed by atoms with Gasteiger partial charge in [0.25, 0.3) is 5.91 Å². The summed E-state index contributed by atoms with van der Waals surface area (Å²) in [6.07, 6.45) is 9.47. The summed E-state index contributed by atoms with van der Waals surface area (Å²) < 4.78 is 2.29. The molecular formula is C21H30N2O2S. The first-order valence-corrected chi connectivity index (χ1v) is 11.2. The van der Waals surface area contributed by atoms with E-state index in [0.717, 1.165) is 42.9 Å². The van der Waals surface area contributed by atoms with Gasteiger partial charge in [0.05, 0.1) is 11.0 Å². The van der Waals surface area contributed by atoms with Crippen molar-refractivity contribution in [2.75, 3.05) is 0 Å². The SMILES string of the molecule is Cc1sc(=NC(=O)C23CC4CC(CC(O)(C4)C2)C3)n(CC2CCC2)c1C. The Kier molecular flexibility index (Phi) is 3.82. The minimum Gasteiger partial charge on any atom is -0.390 e. The number of amides is 1. The fourth-order valence-electron chi connectivity index (χ4n) is 6.50. The Balaban J connectivity index is 1.49. The van der Waals surface area contributed by atoms with Crippen LogP contribution in [0.2, 0.25) is 0 Å². The monoisotopic (exact) mass is 374 g/mol. The second kappa shape index (κ2) is 5.78. The summed E-state index contributed by atoms with van der Waals surface area (Å²) in [5, 5.41) is 10.9. The molecule has 26 heavy (non-hydrogen) atoms. The quantitative estimate of drug-likeness (QED) is 0.876. The van der Waals surface area contributed by atoms with Crippen LogP contribution in [0, 0.1) is 37.0 Å². The number of aliphatic hydroxyl groups is 1. The average molecular weight is 375 g/mol. The van der Waals surface area contributed by atoms with E-state index in [0.29, 0.717) is 18.3 Å². The summed E-state index contributed by atoms with van der Waals surface area (Å²) in [4.78, 5) is 20.2. The van der Waals surface area contributed by atoms with Crippen molar-refractivity contribution in [3.8, 4) is 0 Å². The highest BCUT2D eigenvalue weighted by Crippen LogP contribution is 2.61. The Labute approximate surface area is 159 Å². The smallest absolute Gasteiger partial charge is 0.254 e. The van der Waals surface area contributed by atoms with Crippen LogP contribution in [0.5, 0.6) is 0 Å². The normalized spacial score (nSPS) is 39.4. The van der Waals surface area contributed by atoms with Gasteiger partial charge in [-0.1, -0.05) is 6.42 Å². The van der Waals surface area contributed by atoms with Gasteiger partial charge in [0.15, 0.2) is 4.80 Å². The molecule has 5 heteroatoms. The molecule has 6 rings (SSSR count). The van der Waals surface area contributed by atoms with E-state index >= 15 is 0 Å². The average Bonchev–Trinajstić information content (AvgIpc) is 2.75.